The second kappa shape index (κ2) is 9.23. The largest absolute Gasteiger partial charge is 0.452 e. The zero-order chi connectivity index (χ0) is 20.1. The average Bonchev–Trinajstić information content (AvgIpc) is 3.02. The SMILES string of the molecule is Cc1noc(C)c1CSc1ncccc1C(=O)OCC(=O)N1CCCC(C)C1. The second-order valence-corrected chi connectivity index (χ2v) is 8.07. The molecule has 28 heavy (non-hydrogen) atoms. The third kappa shape index (κ3) is 4.92. The maximum Gasteiger partial charge on any atom is 0.341 e. The number of esters is 1. The Morgan fingerprint density at radius 1 is 1.39 bits per heavy atom. The van der Waals surface area contributed by atoms with Crippen LogP contribution in [0.5, 0.6) is 0 Å². The molecular formula is C20H25N3O4S. The molecule has 0 spiro atoms. The summed E-state index contributed by atoms with van der Waals surface area (Å²) in [5, 5.41) is 4.50. The molecule has 1 fully saturated rings. The third-order valence-electron chi connectivity index (χ3n) is 4.86. The van der Waals surface area contributed by atoms with Gasteiger partial charge in [0.05, 0.1) is 11.3 Å². The van der Waals surface area contributed by atoms with Crippen LogP contribution in [0.3, 0.4) is 0 Å². The van der Waals surface area contributed by atoms with Crippen molar-refractivity contribution in [3.8, 4) is 0 Å². The Morgan fingerprint density at radius 2 is 2.21 bits per heavy atom. The number of hydrogen-bond donors (Lipinski definition) is 0. The molecule has 1 atom stereocenters. The van der Waals surface area contributed by atoms with Gasteiger partial charge in [-0.3, -0.25) is 4.79 Å². The van der Waals surface area contributed by atoms with Crippen LogP contribution in [0.25, 0.3) is 0 Å². The number of piperidine rings is 1. The number of carbonyl (C=O) groups is 2. The molecule has 2 aromatic rings. The molecule has 1 unspecified atom stereocenters. The van der Waals surface area contributed by atoms with Gasteiger partial charge in [-0.1, -0.05) is 12.1 Å². The Bertz CT molecular complexity index is 832. The summed E-state index contributed by atoms with van der Waals surface area (Å²) >= 11 is 1.42. The molecule has 2 aromatic heterocycles. The van der Waals surface area contributed by atoms with E-state index in [4.69, 9.17) is 9.26 Å². The molecule has 1 aliphatic rings. The highest BCUT2D eigenvalue weighted by molar-refractivity contribution is 7.98. The summed E-state index contributed by atoms with van der Waals surface area (Å²) in [6, 6.07) is 3.35. The predicted molar refractivity (Wildman–Crippen MR) is 105 cm³/mol. The minimum absolute atomic E-state index is 0.145. The van der Waals surface area contributed by atoms with Crippen LogP contribution in [0.2, 0.25) is 0 Å². The fraction of sp³-hybridized carbons (Fsp3) is 0.500. The highest BCUT2D eigenvalue weighted by Gasteiger charge is 2.23. The normalized spacial score (nSPS) is 16.8. The Balaban J connectivity index is 1.60. The van der Waals surface area contributed by atoms with Crippen LogP contribution in [-0.4, -0.2) is 46.6 Å². The van der Waals surface area contributed by atoms with Gasteiger partial charge in [-0.25, -0.2) is 9.78 Å². The molecule has 0 aromatic carbocycles. The number of nitrogens with zero attached hydrogens (tertiary/aromatic N) is 3. The lowest BCUT2D eigenvalue weighted by Gasteiger charge is -2.30. The van der Waals surface area contributed by atoms with Crippen molar-refractivity contribution in [3.63, 3.8) is 0 Å². The van der Waals surface area contributed by atoms with Gasteiger partial charge in [0.15, 0.2) is 6.61 Å². The van der Waals surface area contributed by atoms with E-state index in [1.165, 1.54) is 11.8 Å². The minimum atomic E-state index is -0.534. The number of aryl methyl sites for hydroxylation is 2. The van der Waals surface area contributed by atoms with Gasteiger partial charge in [-0.05, 0) is 44.7 Å². The fourth-order valence-electron chi connectivity index (χ4n) is 3.22. The van der Waals surface area contributed by atoms with E-state index in [0.717, 1.165) is 42.9 Å². The molecule has 0 bridgehead atoms. The maximum absolute atomic E-state index is 12.5. The molecule has 3 heterocycles. The van der Waals surface area contributed by atoms with Crippen LogP contribution in [-0.2, 0) is 15.3 Å². The van der Waals surface area contributed by atoms with Crippen molar-refractivity contribution >= 4 is 23.6 Å². The molecule has 0 saturated carbocycles. The molecule has 8 heteroatoms. The van der Waals surface area contributed by atoms with Crippen molar-refractivity contribution in [3.05, 3.63) is 40.9 Å². The van der Waals surface area contributed by atoms with Crippen LogP contribution in [0, 0.1) is 19.8 Å². The van der Waals surface area contributed by atoms with Crippen molar-refractivity contribution in [1.29, 1.82) is 0 Å². The van der Waals surface area contributed by atoms with Crippen LogP contribution in [0.4, 0.5) is 0 Å². The lowest BCUT2D eigenvalue weighted by atomic mass is 10.0. The van der Waals surface area contributed by atoms with E-state index in [-0.39, 0.29) is 12.5 Å². The van der Waals surface area contributed by atoms with Gasteiger partial charge in [0.2, 0.25) is 0 Å². The quantitative estimate of drug-likeness (QED) is 0.540. The third-order valence-corrected chi connectivity index (χ3v) is 5.89. The van der Waals surface area contributed by atoms with Gasteiger partial charge < -0.3 is 14.2 Å². The molecule has 1 amide bonds. The number of ether oxygens (including phenoxy) is 1. The van der Waals surface area contributed by atoms with Crippen LogP contribution in [0.15, 0.2) is 27.9 Å². The number of rotatable bonds is 6. The Kier molecular flexibility index (Phi) is 6.72. The van der Waals surface area contributed by atoms with Crippen molar-refractivity contribution in [1.82, 2.24) is 15.0 Å². The van der Waals surface area contributed by atoms with Gasteiger partial charge >= 0.3 is 5.97 Å². The number of pyridine rings is 1. The van der Waals surface area contributed by atoms with Crippen LogP contribution >= 0.6 is 11.8 Å². The zero-order valence-electron chi connectivity index (χ0n) is 16.4. The first-order valence-corrected chi connectivity index (χ1v) is 10.4. The smallest absolute Gasteiger partial charge is 0.341 e. The van der Waals surface area contributed by atoms with E-state index in [2.05, 4.69) is 17.1 Å². The average molecular weight is 404 g/mol. The monoisotopic (exact) mass is 403 g/mol. The minimum Gasteiger partial charge on any atom is -0.452 e. The van der Waals surface area contributed by atoms with Gasteiger partial charge in [0, 0.05) is 30.6 Å². The second-order valence-electron chi connectivity index (χ2n) is 7.11. The molecule has 0 aliphatic carbocycles. The van der Waals surface area contributed by atoms with E-state index in [1.807, 2.05) is 13.8 Å². The fourth-order valence-corrected chi connectivity index (χ4v) is 4.36. The van der Waals surface area contributed by atoms with E-state index in [0.29, 0.717) is 22.3 Å². The highest BCUT2D eigenvalue weighted by atomic mass is 32.2. The number of amides is 1. The first-order valence-electron chi connectivity index (χ1n) is 9.40. The summed E-state index contributed by atoms with van der Waals surface area (Å²) in [4.78, 5) is 30.9. The lowest BCUT2D eigenvalue weighted by Crippen LogP contribution is -2.41. The van der Waals surface area contributed by atoms with Gasteiger partial charge in [-0.2, -0.15) is 0 Å². The Morgan fingerprint density at radius 3 is 2.93 bits per heavy atom. The van der Waals surface area contributed by atoms with Crippen molar-refractivity contribution in [2.75, 3.05) is 19.7 Å². The summed E-state index contributed by atoms with van der Waals surface area (Å²) in [6.45, 7) is 7.08. The first kappa shape index (κ1) is 20.4. The molecular weight excluding hydrogens is 378 g/mol. The zero-order valence-corrected chi connectivity index (χ0v) is 17.3. The van der Waals surface area contributed by atoms with E-state index >= 15 is 0 Å². The summed E-state index contributed by atoms with van der Waals surface area (Å²) in [5.74, 6) is 1.15. The summed E-state index contributed by atoms with van der Waals surface area (Å²) in [5.41, 5.74) is 2.18. The summed E-state index contributed by atoms with van der Waals surface area (Å²) in [6.07, 6.45) is 3.75. The number of thioether (sulfide) groups is 1. The van der Waals surface area contributed by atoms with Crippen molar-refractivity contribution in [2.24, 2.45) is 5.92 Å². The van der Waals surface area contributed by atoms with E-state index in [9.17, 15) is 9.59 Å². The molecule has 1 saturated heterocycles. The van der Waals surface area contributed by atoms with Gasteiger partial charge in [-0.15, -0.1) is 11.8 Å². The first-order chi connectivity index (χ1) is 13.5. The standard InChI is InChI=1S/C20H25N3O4S/c1-13-6-5-9-23(10-13)18(24)11-26-20(25)16-7-4-8-21-19(16)28-12-17-14(2)22-27-15(17)3/h4,7-8,13H,5-6,9-12H2,1-3H3. The molecule has 0 N–H and O–H groups in total. The predicted octanol–water partition coefficient (Wildman–Crippen LogP) is 3.39. The topological polar surface area (TPSA) is 85.5 Å². The summed E-state index contributed by atoms with van der Waals surface area (Å²) < 4.78 is 10.5. The van der Waals surface area contributed by atoms with Crippen molar-refractivity contribution < 1.29 is 18.8 Å². The van der Waals surface area contributed by atoms with Gasteiger partial charge in [0.25, 0.3) is 5.91 Å². The molecule has 0 radical (unpaired) electrons. The maximum atomic E-state index is 12.5. The van der Waals surface area contributed by atoms with E-state index < -0.39 is 5.97 Å². The summed E-state index contributed by atoms with van der Waals surface area (Å²) in [7, 11) is 0. The molecule has 1 aliphatic heterocycles. The molecule has 150 valence electrons. The Labute approximate surface area is 168 Å². The molecule has 3 rings (SSSR count). The highest BCUT2D eigenvalue weighted by Crippen LogP contribution is 2.27. The van der Waals surface area contributed by atoms with E-state index in [1.54, 1.807) is 23.2 Å². The number of carbonyl (C=O) groups excluding carboxylic acids is 2. The Hall–Kier alpha value is -2.35. The number of aromatic nitrogens is 2. The van der Waals surface area contributed by atoms with Crippen LogP contribution in [0.1, 0.15) is 47.1 Å². The van der Waals surface area contributed by atoms with Crippen molar-refractivity contribution in [2.45, 2.75) is 44.4 Å². The van der Waals surface area contributed by atoms with Crippen LogP contribution < -0.4 is 0 Å². The number of hydrogen-bond acceptors (Lipinski definition) is 7. The molecule has 7 nitrogen and oxygen atoms in total. The van der Waals surface area contributed by atoms with Gasteiger partial charge in [0.1, 0.15) is 10.8 Å². The number of likely N-dealkylation sites (tertiary alicyclic amines) is 1. The lowest BCUT2D eigenvalue weighted by molar-refractivity contribution is -0.136.